The van der Waals surface area contributed by atoms with Gasteiger partial charge in [-0.05, 0) is 37.5 Å². The molecule has 228 valence electrons. The van der Waals surface area contributed by atoms with E-state index in [-0.39, 0.29) is 43.4 Å². The van der Waals surface area contributed by atoms with Crippen LogP contribution in [0.15, 0.2) is 60.7 Å². The number of ether oxygens (including phenoxy) is 2. The van der Waals surface area contributed by atoms with E-state index in [1.807, 2.05) is 55.5 Å². The lowest BCUT2D eigenvalue weighted by molar-refractivity contribution is -0.143. The topological polar surface area (TPSA) is 117 Å². The molecule has 10 nitrogen and oxygen atoms in total. The van der Waals surface area contributed by atoms with Gasteiger partial charge in [0.2, 0.25) is 17.7 Å². The van der Waals surface area contributed by atoms with Crippen molar-refractivity contribution in [1.29, 1.82) is 0 Å². The Morgan fingerprint density at radius 1 is 1.02 bits per heavy atom. The molecule has 2 N–H and O–H groups in total. The number of fused-ring (bicyclic) bond motifs is 1. The molecule has 2 aromatic rings. The van der Waals surface area contributed by atoms with Crippen molar-refractivity contribution < 1.29 is 28.7 Å². The summed E-state index contributed by atoms with van der Waals surface area (Å²) in [4.78, 5) is 57.3. The molecule has 2 aliphatic heterocycles. The van der Waals surface area contributed by atoms with Gasteiger partial charge in [-0.2, -0.15) is 0 Å². The monoisotopic (exact) mass is 588 g/mol. The van der Waals surface area contributed by atoms with Crippen molar-refractivity contribution >= 4 is 29.5 Å². The number of para-hydroxylation sites is 1. The van der Waals surface area contributed by atoms with Gasteiger partial charge in [0.25, 0.3) is 0 Å². The first-order valence-electron chi connectivity index (χ1n) is 14.7. The summed E-state index contributed by atoms with van der Waals surface area (Å²) >= 11 is 0. The quantitative estimate of drug-likeness (QED) is 0.389. The molecule has 0 saturated carbocycles. The summed E-state index contributed by atoms with van der Waals surface area (Å²) in [5.74, 6) is 0.395. The Morgan fingerprint density at radius 2 is 1.70 bits per heavy atom. The second kappa shape index (κ2) is 14.7. The van der Waals surface area contributed by atoms with Crippen molar-refractivity contribution in [2.45, 2.75) is 64.4 Å². The fraction of sp³-hybridized carbons (Fsp3) is 0.455. The highest BCUT2D eigenvalue weighted by Crippen LogP contribution is 2.37. The van der Waals surface area contributed by atoms with Crippen LogP contribution in [0.3, 0.4) is 0 Å². The number of benzene rings is 2. The molecule has 2 fully saturated rings. The largest absolute Gasteiger partial charge is 0.445 e. The molecule has 2 aliphatic rings. The molecule has 4 amide bonds. The Balaban J connectivity index is 1.59. The van der Waals surface area contributed by atoms with Crippen LogP contribution in [0.25, 0.3) is 0 Å². The summed E-state index contributed by atoms with van der Waals surface area (Å²) < 4.78 is 11.3. The molecule has 4 rings (SSSR count). The van der Waals surface area contributed by atoms with Crippen LogP contribution in [-0.2, 0) is 30.5 Å². The van der Waals surface area contributed by atoms with Crippen LogP contribution in [-0.4, -0.2) is 77.5 Å². The maximum atomic E-state index is 14.2. The first-order valence-corrected chi connectivity index (χ1v) is 14.7. The van der Waals surface area contributed by atoms with E-state index in [4.69, 9.17) is 15.9 Å². The second-order valence-electron chi connectivity index (χ2n) is 11.0. The number of hydrogen-bond donors (Lipinski definition) is 2. The van der Waals surface area contributed by atoms with E-state index in [0.29, 0.717) is 25.1 Å². The van der Waals surface area contributed by atoms with Gasteiger partial charge in [-0.15, -0.1) is 6.42 Å². The maximum absolute atomic E-state index is 14.2. The zero-order chi connectivity index (χ0) is 30.9. The lowest BCUT2D eigenvalue weighted by Crippen LogP contribution is -2.58. The number of carbonyl (C=O) groups excluding carboxylic acids is 4. The number of hydrogen-bond acceptors (Lipinski definition) is 6. The third-order valence-electron chi connectivity index (χ3n) is 8.25. The molecule has 6 atom stereocenters. The molecule has 0 spiro atoms. The summed E-state index contributed by atoms with van der Waals surface area (Å²) in [6, 6.07) is 16.3. The first-order chi connectivity index (χ1) is 20.7. The van der Waals surface area contributed by atoms with Gasteiger partial charge in [0.15, 0.2) is 0 Å². The second-order valence-corrected chi connectivity index (χ2v) is 11.0. The molecule has 10 heteroatoms. The van der Waals surface area contributed by atoms with Crippen LogP contribution in [0.5, 0.6) is 0 Å². The van der Waals surface area contributed by atoms with Gasteiger partial charge in [0.05, 0.1) is 24.1 Å². The van der Waals surface area contributed by atoms with Crippen molar-refractivity contribution in [3.8, 4) is 12.3 Å². The summed E-state index contributed by atoms with van der Waals surface area (Å²) in [5.41, 5.74) is 1.45. The number of nitrogens with zero attached hydrogens (tertiary/aromatic N) is 2. The van der Waals surface area contributed by atoms with Gasteiger partial charge in [-0.1, -0.05) is 68.3 Å². The predicted octanol–water partition coefficient (Wildman–Crippen LogP) is 3.43. The minimum Gasteiger partial charge on any atom is -0.445 e. The molecule has 0 bridgehead atoms. The highest BCUT2D eigenvalue weighted by molar-refractivity contribution is 5.95. The van der Waals surface area contributed by atoms with Gasteiger partial charge in [0.1, 0.15) is 19.3 Å². The molecule has 0 radical (unpaired) electrons. The number of rotatable bonds is 11. The summed E-state index contributed by atoms with van der Waals surface area (Å²) in [7, 11) is 0. The Labute approximate surface area is 253 Å². The van der Waals surface area contributed by atoms with Crippen molar-refractivity contribution in [1.82, 2.24) is 15.1 Å². The third kappa shape index (κ3) is 7.54. The summed E-state index contributed by atoms with van der Waals surface area (Å²) in [6.45, 7) is 5.80. The number of terminal acetylenes is 1. The third-order valence-corrected chi connectivity index (χ3v) is 8.25. The van der Waals surface area contributed by atoms with Gasteiger partial charge >= 0.3 is 6.09 Å². The van der Waals surface area contributed by atoms with Gasteiger partial charge in [-0.25, -0.2) is 4.79 Å². The normalized spacial score (nSPS) is 21.2. The zero-order valence-electron chi connectivity index (χ0n) is 24.9. The SMILES string of the molecule is C#CCO[C@H](C)[C@H](NC(=O)[C@H](C)CC)C(=O)N1CC[C@@H]2[C@H]1[C@@H](C(=O)Nc1ccccc1)CN2C(=O)OCc1ccccc1. The fourth-order valence-electron chi connectivity index (χ4n) is 5.66. The van der Waals surface area contributed by atoms with E-state index in [2.05, 4.69) is 16.6 Å². The number of nitrogens with one attached hydrogen (secondary N) is 2. The van der Waals surface area contributed by atoms with Crippen molar-refractivity contribution in [3.63, 3.8) is 0 Å². The molecule has 0 unspecified atom stereocenters. The van der Waals surface area contributed by atoms with Gasteiger partial charge in [0, 0.05) is 24.7 Å². The molecule has 2 aromatic carbocycles. The lowest BCUT2D eigenvalue weighted by Gasteiger charge is -2.33. The molecule has 0 aromatic heterocycles. The highest BCUT2D eigenvalue weighted by atomic mass is 16.6. The van der Waals surface area contributed by atoms with Crippen LogP contribution in [0.4, 0.5) is 10.5 Å². The Bertz CT molecular complexity index is 1310. The van der Waals surface area contributed by atoms with Gasteiger partial charge in [-0.3, -0.25) is 14.4 Å². The summed E-state index contributed by atoms with van der Waals surface area (Å²) in [5, 5.41) is 5.80. The number of likely N-dealkylation sites (tertiary alicyclic amines) is 2. The highest BCUT2D eigenvalue weighted by Gasteiger charge is 2.55. The number of anilines is 1. The van der Waals surface area contributed by atoms with E-state index >= 15 is 0 Å². The smallest absolute Gasteiger partial charge is 0.410 e. The van der Waals surface area contributed by atoms with Crippen LogP contribution in [0.1, 0.15) is 39.2 Å². The molecule has 43 heavy (non-hydrogen) atoms. The number of carbonyl (C=O) groups is 4. The van der Waals surface area contributed by atoms with Crippen LogP contribution >= 0.6 is 0 Å². The number of amides is 4. The van der Waals surface area contributed by atoms with Crippen LogP contribution in [0, 0.1) is 24.2 Å². The zero-order valence-corrected chi connectivity index (χ0v) is 24.9. The van der Waals surface area contributed by atoms with Gasteiger partial charge < -0.3 is 29.9 Å². The minimum absolute atomic E-state index is 0.0284. The van der Waals surface area contributed by atoms with Crippen molar-refractivity contribution in [3.05, 3.63) is 66.2 Å². The van der Waals surface area contributed by atoms with E-state index in [9.17, 15) is 19.2 Å². The van der Waals surface area contributed by atoms with Crippen LogP contribution in [0.2, 0.25) is 0 Å². The lowest BCUT2D eigenvalue weighted by atomic mass is 9.97. The van der Waals surface area contributed by atoms with E-state index < -0.39 is 36.2 Å². The van der Waals surface area contributed by atoms with E-state index in [0.717, 1.165) is 5.56 Å². The molecule has 0 aliphatic carbocycles. The van der Waals surface area contributed by atoms with Crippen LogP contribution < -0.4 is 10.6 Å². The van der Waals surface area contributed by atoms with Crippen molar-refractivity contribution in [2.24, 2.45) is 11.8 Å². The average Bonchev–Trinajstić information content (AvgIpc) is 3.62. The van der Waals surface area contributed by atoms with E-state index in [1.54, 1.807) is 35.8 Å². The first kappa shape index (κ1) is 31.6. The predicted molar refractivity (Wildman–Crippen MR) is 161 cm³/mol. The Hall–Kier alpha value is -4.36. The molecule has 2 saturated heterocycles. The Kier molecular flexibility index (Phi) is 10.8. The molecular formula is C33H40N4O6. The average molecular weight is 589 g/mol. The molecule has 2 heterocycles. The van der Waals surface area contributed by atoms with E-state index in [1.165, 1.54) is 0 Å². The Morgan fingerprint density at radius 3 is 2.35 bits per heavy atom. The standard InChI is InChI=1S/C33H40N4O6/c1-5-19-42-23(4)28(35-30(38)22(3)6-2)32(40)36-18-17-27-29(36)26(31(39)34-25-15-11-8-12-16-25)20-37(27)33(41)43-21-24-13-9-7-10-14-24/h1,7-16,22-23,26-29H,6,17-21H2,2-4H3,(H,34,39)(H,35,38)/t22-,23-,26+,27-,28+,29-/m1/s1. The molecular weight excluding hydrogens is 548 g/mol. The fourth-order valence-corrected chi connectivity index (χ4v) is 5.66. The van der Waals surface area contributed by atoms with Crippen molar-refractivity contribution in [2.75, 3.05) is 25.0 Å². The summed E-state index contributed by atoms with van der Waals surface area (Å²) in [6.07, 6.45) is 5.17. The maximum Gasteiger partial charge on any atom is 0.410 e. The minimum atomic E-state index is -1.02.